The quantitative estimate of drug-likeness (QED) is 0.782. The van der Waals surface area contributed by atoms with E-state index in [1.807, 2.05) is 48.5 Å². The number of hydrogen-bond donors (Lipinski definition) is 1. The average Bonchev–Trinajstić information content (AvgIpc) is 2.87. The Bertz CT molecular complexity index is 808. The third-order valence-corrected chi connectivity index (χ3v) is 3.81. The molecule has 0 bridgehead atoms. The van der Waals surface area contributed by atoms with Crippen LogP contribution in [0.4, 0.5) is 0 Å². The Morgan fingerprint density at radius 3 is 2.59 bits per heavy atom. The third kappa shape index (κ3) is 2.97. The van der Waals surface area contributed by atoms with E-state index in [0.717, 1.165) is 22.4 Å². The lowest BCUT2D eigenvalue weighted by molar-refractivity contribution is -0.118. The Morgan fingerprint density at radius 2 is 1.86 bits per heavy atom. The molecule has 0 spiro atoms. The van der Waals surface area contributed by atoms with Gasteiger partial charge in [-0.3, -0.25) is 4.79 Å². The minimum absolute atomic E-state index is 0.280. The molecular weight excluding hydrogens is 298 g/mol. The van der Waals surface area contributed by atoms with Gasteiger partial charge in [0.25, 0.3) is 0 Å². The lowest BCUT2D eigenvalue weighted by Gasteiger charge is -2.09. The van der Waals surface area contributed by atoms with Crippen LogP contribution in [0, 0.1) is 0 Å². The summed E-state index contributed by atoms with van der Waals surface area (Å²) in [5, 5.41) is 0.695. The molecule has 22 heavy (non-hydrogen) atoms. The number of rotatable bonds is 5. The number of benzene rings is 2. The summed E-state index contributed by atoms with van der Waals surface area (Å²) < 4.78 is 2.13. The number of nitrogens with zero attached hydrogens (tertiary/aromatic N) is 2. The Hall–Kier alpha value is -2.33. The van der Waals surface area contributed by atoms with Gasteiger partial charge in [0, 0.05) is 23.6 Å². The maximum Gasteiger partial charge on any atom is 0.217 e. The molecule has 1 heterocycles. The van der Waals surface area contributed by atoms with E-state index in [1.165, 1.54) is 0 Å². The number of aryl methyl sites for hydroxylation is 1. The second-order valence-corrected chi connectivity index (χ2v) is 5.59. The zero-order valence-corrected chi connectivity index (χ0v) is 12.8. The Labute approximate surface area is 133 Å². The first-order chi connectivity index (χ1) is 10.6. The smallest absolute Gasteiger partial charge is 0.217 e. The number of carbonyl (C=O) groups excluding carboxylic acids is 1. The standard InChI is InChI=1S/C17H16ClN3O/c18-13-9-7-12(8-10-13)17-20-14-4-1-2-5-15(14)21(17)11-3-6-16(19)22/h1-2,4-5,7-10H,3,6,11H2,(H2,19,22). The van der Waals surface area contributed by atoms with Crippen LogP contribution < -0.4 is 5.73 Å². The zero-order chi connectivity index (χ0) is 15.5. The second kappa shape index (κ2) is 6.20. The molecule has 5 heteroatoms. The van der Waals surface area contributed by atoms with Crippen LogP contribution in [0.15, 0.2) is 48.5 Å². The third-order valence-electron chi connectivity index (χ3n) is 3.56. The summed E-state index contributed by atoms with van der Waals surface area (Å²) in [7, 11) is 0. The number of aromatic nitrogens is 2. The first kappa shape index (κ1) is 14.6. The van der Waals surface area contributed by atoms with Crippen LogP contribution in [0.1, 0.15) is 12.8 Å². The fraction of sp³-hybridized carbons (Fsp3) is 0.176. The van der Waals surface area contributed by atoms with Crippen molar-refractivity contribution in [2.24, 2.45) is 5.73 Å². The highest BCUT2D eigenvalue weighted by Crippen LogP contribution is 2.26. The minimum atomic E-state index is -0.280. The van der Waals surface area contributed by atoms with Crippen molar-refractivity contribution in [2.75, 3.05) is 0 Å². The molecule has 2 N–H and O–H groups in total. The average molecular weight is 314 g/mol. The molecule has 0 aliphatic carbocycles. The number of imidazole rings is 1. The number of para-hydroxylation sites is 2. The Kier molecular flexibility index (Phi) is 4.11. The van der Waals surface area contributed by atoms with Crippen molar-refractivity contribution in [3.05, 3.63) is 53.6 Å². The molecule has 1 amide bonds. The van der Waals surface area contributed by atoms with Gasteiger partial charge in [0.2, 0.25) is 5.91 Å². The van der Waals surface area contributed by atoms with Gasteiger partial charge in [-0.2, -0.15) is 0 Å². The molecule has 0 aliphatic heterocycles. The molecule has 0 saturated heterocycles. The van der Waals surface area contributed by atoms with Gasteiger partial charge in [-0.15, -0.1) is 0 Å². The van der Waals surface area contributed by atoms with E-state index in [0.29, 0.717) is 24.4 Å². The summed E-state index contributed by atoms with van der Waals surface area (Å²) in [5.41, 5.74) is 8.22. The number of primary amides is 1. The van der Waals surface area contributed by atoms with Crippen LogP contribution in [0.3, 0.4) is 0 Å². The lowest BCUT2D eigenvalue weighted by Crippen LogP contribution is -2.11. The van der Waals surface area contributed by atoms with E-state index in [4.69, 9.17) is 22.3 Å². The highest BCUT2D eigenvalue weighted by Gasteiger charge is 2.12. The SMILES string of the molecule is NC(=O)CCCn1c(-c2ccc(Cl)cc2)nc2ccccc21. The molecular formula is C17H16ClN3O. The molecule has 3 rings (SSSR count). The van der Waals surface area contributed by atoms with E-state index in [2.05, 4.69) is 4.57 Å². The minimum Gasteiger partial charge on any atom is -0.370 e. The van der Waals surface area contributed by atoms with Gasteiger partial charge in [-0.1, -0.05) is 23.7 Å². The van der Waals surface area contributed by atoms with Crippen LogP contribution in [-0.2, 0) is 11.3 Å². The molecule has 0 aliphatic rings. The summed E-state index contributed by atoms with van der Waals surface area (Å²) in [6.07, 6.45) is 1.06. The van der Waals surface area contributed by atoms with Gasteiger partial charge >= 0.3 is 0 Å². The summed E-state index contributed by atoms with van der Waals surface area (Å²) in [4.78, 5) is 15.7. The van der Waals surface area contributed by atoms with Gasteiger partial charge in [-0.05, 0) is 42.8 Å². The molecule has 3 aromatic rings. The highest BCUT2D eigenvalue weighted by molar-refractivity contribution is 6.30. The number of fused-ring (bicyclic) bond motifs is 1. The van der Waals surface area contributed by atoms with Crippen LogP contribution in [-0.4, -0.2) is 15.5 Å². The number of hydrogen-bond acceptors (Lipinski definition) is 2. The van der Waals surface area contributed by atoms with Gasteiger partial charge < -0.3 is 10.3 Å². The normalized spacial score (nSPS) is 11.0. The van der Waals surface area contributed by atoms with Gasteiger partial charge in [0.05, 0.1) is 11.0 Å². The number of nitrogens with two attached hydrogens (primary N) is 1. The van der Waals surface area contributed by atoms with E-state index in [9.17, 15) is 4.79 Å². The van der Waals surface area contributed by atoms with Crippen molar-refractivity contribution in [1.29, 1.82) is 0 Å². The topological polar surface area (TPSA) is 60.9 Å². The number of amides is 1. The maximum atomic E-state index is 11.0. The lowest BCUT2D eigenvalue weighted by atomic mass is 10.2. The fourth-order valence-electron chi connectivity index (χ4n) is 2.53. The number of carbonyl (C=O) groups is 1. The fourth-order valence-corrected chi connectivity index (χ4v) is 2.66. The van der Waals surface area contributed by atoms with Gasteiger partial charge in [0.1, 0.15) is 5.82 Å². The van der Waals surface area contributed by atoms with Crippen molar-refractivity contribution in [1.82, 2.24) is 9.55 Å². The van der Waals surface area contributed by atoms with Crippen LogP contribution in [0.2, 0.25) is 5.02 Å². The molecule has 0 saturated carbocycles. The van der Waals surface area contributed by atoms with Gasteiger partial charge in [0.15, 0.2) is 0 Å². The van der Waals surface area contributed by atoms with Gasteiger partial charge in [-0.25, -0.2) is 4.98 Å². The summed E-state index contributed by atoms with van der Waals surface area (Å²) in [5.74, 6) is 0.597. The maximum absolute atomic E-state index is 11.0. The van der Waals surface area contributed by atoms with Crippen molar-refractivity contribution in [2.45, 2.75) is 19.4 Å². The highest BCUT2D eigenvalue weighted by atomic mass is 35.5. The van der Waals surface area contributed by atoms with Crippen molar-refractivity contribution in [3.63, 3.8) is 0 Å². The Balaban J connectivity index is 2.04. The molecule has 2 aromatic carbocycles. The van der Waals surface area contributed by atoms with Crippen molar-refractivity contribution < 1.29 is 4.79 Å². The first-order valence-corrected chi connectivity index (χ1v) is 7.52. The van der Waals surface area contributed by atoms with E-state index < -0.39 is 0 Å². The summed E-state index contributed by atoms with van der Waals surface area (Å²) in [6, 6.07) is 15.6. The van der Waals surface area contributed by atoms with Crippen molar-refractivity contribution >= 4 is 28.5 Å². The molecule has 0 atom stereocenters. The predicted octanol–water partition coefficient (Wildman–Crippen LogP) is 3.62. The van der Waals surface area contributed by atoms with Crippen LogP contribution in [0.25, 0.3) is 22.4 Å². The molecule has 112 valence electrons. The van der Waals surface area contributed by atoms with Crippen LogP contribution in [0.5, 0.6) is 0 Å². The predicted molar refractivity (Wildman–Crippen MR) is 88.6 cm³/mol. The van der Waals surface area contributed by atoms with E-state index >= 15 is 0 Å². The van der Waals surface area contributed by atoms with Crippen LogP contribution >= 0.6 is 11.6 Å². The monoisotopic (exact) mass is 313 g/mol. The van der Waals surface area contributed by atoms with E-state index in [1.54, 1.807) is 0 Å². The molecule has 0 radical (unpaired) electrons. The molecule has 1 aromatic heterocycles. The van der Waals surface area contributed by atoms with E-state index in [-0.39, 0.29) is 5.91 Å². The molecule has 0 unspecified atom stereocenters. The van der Waals surface area contributed by atoms with Crippen molar-refractivity contribution in [3.8, 4) is 11.4 Å². The molecule has 4 nitrogen and oxygen atoms in total. The zero-order valence-electron chi connectivity index (χ0n) is 12.0. The Morgan fingerprint density at radius 1 is 1.14 bits per heavy atom. The molecule has 0 fully saturated rings. The largest absolute Gasteiger partial charge is 0.370 e. The summed E-state index contributed by atoms with van der Waals surface area (Å²) in [6.45, 7) is 0.696. The first-order valence-electron chi connectivity index (χ1n) is 7.14. The summed E-state index contributed by atoms with van der Waals surface area (Å²) >= 11 is 5.96. The number of halogens is 1. The second-order valence-electron chi connectivity index (χ2n) is 5.15.